The van der Waals surface area contributed by atoms with Crippen LogP contribution in [0.2, 0.25) is 0 Å². The molecule has 0 fully saturated rings. The summed E-state index contributed by atoms with van der Waals surface area (Å²) in [5.74, 6) is 1.17. The Morgan fingerprint density at radius 1 is 0.727 bits per heavy atom. The molecule has 178 valence electrons. The lowest BCUT2D eigenvalue weighted by Crippen LogP contribution is -2.08. The molecule has 0 N–H and O–H groups in total. The van der Waals surface area contributed by atoms with E-state index in [1.165, 1.54) is 0 Å². The van der Waals surface area contributed by atoms with Gasteiger partial charge in [-0.05, 0) is 87.6 Å². The van der Waals surface area contributed by atoms with E-state index in [4.69, 9.17) is 18.9 Å². The highest BCUT2D eigenvalue weighted by molar-refractivity contribution is 5.91. The third-order valence-electron chi connectivity index (χ3n) is 4.78. The summed E-state index contributed by atoms with van der Waals surface area (Å²) in [6, 6.07) is 13.9. The van der Waals surface area contributed by atoms with Gasteiger partial charge in [0.05, 0.1) is 25.4 Å². The zero-order valence-corrected chi connectivity index (χ0v) is 19.6. The predicted octanol–water partition coefficient (Wildman–Crippen LogP) is 6.14. The second-order valence-corrected chi connectivity index (χ2v) is 7.77. The fourth-order valence-corrected chi connectivity index (χ4v) is 2.83. The van der Waals surface area contributed by atoms with Gasteiger partial charge in [-0.1, -0.05) is 19.9 Å². The summed E-state index contributed by atoms with van der Waals surface area (Å²) in [6.07, 6.45) is 5.76. The maximum absolute atomic E-state index is 12.3. The van der Waals surface area contributed by atoms with E-state index in [9.17, 15) is 9.59 Å². The first-order valence-electron chi connectivity index (χ1n) is 11.5. The predicted molar refractivity (Wildman–Crippen MR) is 128 cm³/mol. The van der Waals surface area contributed by atoms with Crippen molar-refractivity contribution in [2.75, 3.05) is 19.8 Å². The summed E-state index contributed by atoms with van der Waals surface area (Å²) in [7, 11) is 0. The number of esters is 2. The lowest BCUT2D eigenvalue weighted by atomic mass is 10.2. The van der Waals surface area contributed by atoms with Crippen molar-refractivity contribution in [2.45, 2.75) is 52.4 Å². The van der Waals surface area contributed by atoms with Crippen LogP contribution in [0.4, 0.5) is 0 Å². The Kier molecular flexibility index (Phi) is 11.6. The third-order valence-corrected chi connectivity index (χ3v) is 4.78. The van der Waals surface area contributed by atoms with Crippen LogP contribution in [-0.4, -0.2) is 31.8 Å². The Hall–Kier alpha value is -3.28. The van der Waals surface area contributed by atoms with Crippen molar-refractivity contribution < 1.29 is 28.5 Å². The largest absolute Gasteiger partial charge is 0.494 e. The Bertz CT molecular complexity index is 870. The summed E-state index contributed by atoms with van der Waals surface area (Å²) in [4.78, 5) is 23.6. The molecule has 0 atom stereocenters. The maximum Gasteiger partial charge on any atom is 0.343 e. The van der Waals surface area contributed by atoms with Crippen molar-refractivity contribution in [1.82, 2.24) is 0 Å². The monoisotopic (exact) mass is 454 g/mol. The van der Waals surface area contributed by atoms with Crippen molar-refractivity contribution in [3.63, 3.8) is 0 Å². The quantitative estimate of drug-likeness (QED) is 0.139. The molecule has 0 unspecified atom stereocenters. The van der Waals surface area contributed by atoms with Crippen molar-refractivity contribution in [2.24, 2.45) is 0 Å². The second-order valence-electron chi connectivity index (χ2n) is 7.77. The Balaban J connectivity index is 1.63. The van der Waals surface area contributed by atoms with Crippen LogP contribution < -0.4 is 14.2 Å². The Morgan fingerprint density at radius 3 is 1.82 bits per heavy atom. The molecule has 0 aliphatic heterocycles. The number of carbonyl (C=O) groups is 2. The van der Waals surface area contributed by atoms with E-state index in [2.05, 4.69) is 13.5 Å². The summed E-state index contributed by atoms with van der Waals surface area (Å²) < 4.78 is 21.8. The molecule has 6 nitrogen and oxygen atoms in total. The zero-order valence-electron chi connectivity index (χ0n) is 19.6. The van der Waals surface area contributed by atoms with Crippen LogP contribution in [0.15, 0.2) is 60.7 Å². The first kappa shape index (κ1) is 26.0. The van der Waals surface area contributed by atoms with E-state index >= 15 is 0 Å². The first-order valence-corrected chi connectivity index (χ1v) is 11.5. The lowest BCUT2D eigenvalue weighted by Gasteiger charge is -2.09. The topological polar surface area (TPSA) is 71.1 Å². The van der Waals surface area contributed by atoms with Crippen LogP contribution in [-0.2, 0) is 9.53 Å². The summed E-state index contributed by atoms with van der Waals surface area (Å²) in [5, 5.41) is 0. The third kappa shape index (κ3) is 10.3. The minimum absolute atomic E-state index is 0.335. The number of hydrogen-bond donors (Lipinski definition) is 0. The Morgan fingerprint density at radius 2 is 1.24 bits per heavy atom. The van der Waals surface area contributed by atoms with E-state index < -0.39 is 5.97 Å². The van der Waals surface area contributed by atoms with Gasteiger partial charge in [0.15, 0.2) is 0 Å². The number of rotatable bonds is 15. The maximum atomic E-state index is 12.3. The van der Waals surface area contributed by atoms with Gasteiger partial charge < -0.3 is 18.9 Å². The van der Waals surface area contributed by atoms with E-state index in [1.807, 2.05) is 0 Å². The van der Waals surface area contributed by atoms with Crippen molar-refractivity contribution in [1.29, 1.82) is 0 Å². The average Bonchev–Trinajstić information content (AvgIpc) is 2.82. The molecular weight excluding hydrogens is 420 g/mol. The van der Waals surface area contributed by atoms with E-state index in [1.54, 1.807) is 55.5 Å². The van der Waals surface area contributed by atoms with Crippen LogP contribution >= 0.6 is 0 Å². The fourth-order valence-electron chi connectivity index (χ4n) is 2.83. The number of ether oxygens (including phenoxy) is 4. The second kappa shape index (κ2) is 14.7. The molecule has 0 saturated carbocycles. The summed E-state index contributed by atoms with van der Waals surface area (Å²) in [5.41, 5.74) is 0.888. The van der Waals surface area contributed by atoms with Gasteiger partial charge >= 0.3 is 11.9 Å². The highest BCUT2D eigenvalue weighted by Crippen LogP contribution is 2.20. The van der Waals surface area contributed by atoms with E-state index in [-0.39, 0.29) is 5.97 Å². The molecule has 0 amide bonds. The molecule has 33 heavy (non-hydrogen) atoms. The highest BCUT2D eigenvalue weighted by atomic mass is 16.5. The standard InChI is InChI=1S/C27H34O6/c1-4-5-18-30-23-12-10-22(11-13-23)27(29)33-25-16-14-24(15-17-25)31-19-8-6-7-9-20-32-26(28)21(2)3/h10-17H,2,4-9,18-20H2,1,3H3. The van der Waals surface area contributed by atoms with Gasteiger partial charge in [-0.25, -0.2) is 9.59 Å². The van der Waals surface area contributed by atoms with Crippen LogP contribution in [0.5, 0.6) is 17.2 Å². The highest BCUT2D eigenvalue weighted by Gasteiger charge is 2.09. The molecule has 2 rings (SSSR count). The molecular formula is C27H34O6. The minimum atomic E-state index is -0.419. The summed E-state index contributed by atoms with van der Waals surface area (Å²) in [6.45, 7) is 8.98. The van der Waals surface area contributed by atoms with Gasteiger partial charge in [0.1, 0.15) is 17.2 Å². The van der Waals surface area contributed by atoms with E-state index in [0.717, 1.165) is 50.0 Å². The van der Waals surface area contributed by atoms with Gasteiger partial charge in [0.25, 0.3) is 0 Å². The molecule has 0 bridgehead atoms. The number of benzene rings is 2. The molecule has 0 spiro atoms. The number of carbonyl (C=O) groups excluding carboxylic acids is 2. The molecule has 2 aromatic rings. The normalized spacial score (nSPS) is 10.4. The molecule has 0 aliphatic carbocycles. The van der Waals surface area contributed by atoms with Gasteiger partial charge in [-0.3, -0.25) is 0 Å². The molecule has 0 radical (unpaired) electrons. The van der Waals surface area contributed by atoms with Crippen LogP contribution in [0.25, 0.3) is 0 Å². The molecule has 0 aromatic heterocycles. The minimum Gasteiger partial charge on any atom is -0.494 e. The van der Waals surface area contributed by atoms with Gasteiger partial charge in [0, 0.05) is 5.57 Å². The number of hydrogen-bond acceptors (Lipinski definition) is 6. The van der Waals surface area contributed by atoms with Crippen LogP contribution in [0, 0.1) is 0 Å². The zero-order chi connectivity index (χ0) is 23.9. The summed E-state index contributed by atoms with van der Waals surface area (Å²) >= 11 is 0. The van der Waals surface area contributed by atoms with Gasteiger partial charge in [-0.15, -0.1) is 0 Å². The van der Waals surface area contributed by atoms with Crippen molar-refractivity contribution >= 4 is 11.9 Å². The van der Waals surface area contributed by atoms with E-state index in [0.29, 0.717) is 36.7 Å². The average molecular weight is 455 g/mol. The molecule has 0 heterocycles. The Labute approximate surface area is 196 Å². The lowest BCUT2D eigenvalue weighted by molar-refractivity contribution is -0.139. The fraction of sp³-hybridized carbons (Fsp3) is 0.407. The van der Waals surface area contributed by atoms with Crippen LogP contribution in [0.3, 0.4) is 0 Å². The molecule has 0 aliphatic rings. The number of unbranched alkanes of at least 4 members (excludes halogenated alkanes) is 4. The molecule has 2 aromatic carbocycles. The smallest absolute Gasteiger partial charge is 0.343 e. The SMILES string of the molecule is C=C(C)C(=O)OCCCCCCOc1ccc(OC(=O)c2ccc(OCCCC)cc2)cc1. The first-order chi connectivity index (χ1) is 16.0. The van der Waals surface area contributed by atoms with Crippen molar-refractivity contribution in [3.05, 3.63) is 66.2 Å². The van der Waals surface area contributed by atoms with Gasteiger partial charge in [0.2, 0.25) is 0 Å². The van der Waals surface area contributed by atoms with Crippen molar-refractivity contribution in [3.8, 4) is 17.2 Å². The van der Waals surface area contributed by atoms with Gasteiger partial charge in [-0.2, -0.15) is 0 Å². The van der Waals surface area contributed by atoms with Crippen LogP contribution in [0.1, 0.15) is 62.7 Å². The molecule has 6 heteroatoms. The molecule has 0 saturated heterocycles.